The lowest BCUT2D eigenvalue weighted by molar-refractivity contribution is 0.318. The molecule has 0 bridgehead atoms. The topological polar surface area (TPSA) is 16.1 Å². The van der Waals surface area contributed by atoms with E-state index in [0.29, 0.717) is 5.88 Å². The van der Waals surface area contributed by atoms with Crippen LogP contribution in [-0.2, 0) is 12.3 Å². The third kappa shape index (κ3) is 6.72. The predicted octanol–water partition coefficient (Wildman–Crippen LogP) is 4.33. The van der Waals surface area contributed by atoms with E-state index in [-0.39, 0.29) is 0 Å². The lowest BCUT2D eigenvalue weighted by atomic mass is 10.2. The molecule has 1 heterocycles. The highest BCUT2D eigenvalue weighted by Crippen LogP contribution is 2.14. The number of thiazole rings is 1. The Morgan fingerprint density at radius 1 is 1.22 bits per heavy atom. The van der Waals surface area contributed by atoms with Gasteiger partial charge < -0.3 is 4.90 Å². The van der Waals surface area contributed by atoms with E-state index in [2.05, 4.69) is 29.2 Å². The number of halogens is 1. The summed E-state index contributed by atoms with van der Waals surface area (Å²) in [6.45, 7) is 4.70. The van der Waals surface area contributed by atoms with Crippen molar-refractivity contribution in [1.82, 2.24) is 9.88 Å². The van der Waals surface area contributed by atoms with Crippen molar-refractivity contribution in [3.05, 3.63) is 16.1 Å². The lowest BCUT2D eigenvalue weighted by Gasteiger charge is -2.15. The van der Waals surface area contributed by atoms with Crippen molar-refractivity contribution in [2.45, 2.75) is 51.3 Å². The Hall–Kier alpha value is -0.120. The molecule has 0 aromatic carbocycles. The fourth-order valence-electron chi connectivity index (χ4n) is 1.93. The third-order valence-corrected chi connectivity index (χ3v) is 4.29. The summed E-state index contributed by atoms with van der Waals surface area (Å²) in [6, 6.07) is 0. The first-order chi connectivity index (χ1) is 8.76. The van der Waals surface area contributed by atoms with Gasteiger partial charge in [0.2, 0.25) is 0 Å². The zero-order chi connectivity index (χ0) is 13.2. The van der Waals surface area contributed by atoms with Crippen LogP contribution in [0.3, 0.4) is 0 Å². The number of hydrogen-bond donors (Lipinski definition) is 0. The molecule has 0 atom stereocenters. The summed E-state index contributed by atoms with van der Waals surface area (Å²) in [5.41, 5.74) is 1.02. The van der Waals surface area contributed by atoms with Crippen LogP contribution >= 0.6 is 22.9 Å². The summed E-state index contributed by atoms with van der Waals surface area (Å²) in [7, 11) is 2.23. The van der Waals surface area contributed by atoms with Crippen LogP contribution in [0.5, 0.6) is 0 Å². The molecule has 1 aromatic rings. The van der Waals surface area contributed by atoms with Gasteiger partial charge in [-0.05, 0) is 45.8 Å². The highest BCUT2D eigenvalue weighted by Gasteiger charge is 2.02. The van der Waals surface area contributed by atoms with Crippen molar-refractivity contribution in [3.8, 4) is 0 Å². The van der Waals surface area contributed by atoms with E-state index < -0.39 is 0 Å². The van der Waals surface area contributed by atoms with Crippen LogP contribution in [0.15, 0.2) is 5.38 Å². The van der Waals surface area contributed by atoms with Crippen LogP contribution in [0.25, 0.3) is 0 Å². The fourth-order valence-corrected chi connectivity index (χ4v) is 3.00. The average Bonchev–Trinajstić information content (AvgIpc) is 2.83. The van der Waals surface area contributed by atoms with Gasteiger partial charge in [0.1, 0.15) is 0 Å². The summed E-state index contributed by atoms with van der Waals surface area (Å²) in [6.07, 6.45) is 7.58. The molecular weight excluding hydrogens is 264 g/mol. The minimum absolute atomic E-state index is 0.538. The van der Waals surface area contributed by atoms with Gasteiger partial charge in [0, 0.05) is 5.38 Å². The molecule has 18 heavy (non-hydrogen) atoms. The first kappa shape index (κ1) is 15.9. The fraction of sp³-hybridized carbons (Fsp3) is 0.786. The number of aryl methyl sites for hydroxylation is 1. The van der Waals surface area contributed by atoms with E-state index in [1.165, 1.54) is 50.2 Å². The lowest BCUT2D eigenvalue weighted by Crippen LogP contribution is -2.20. The quantitative estimate of drug-likeness (QED) is 0.471. The van der Waals surface area contributed by atoms with Gasteiger partial charge in [-0.15, -0.1) is 22.9 Å². The molecule has 104 valence electrons. The van der Waals surface area contributed by atoms with Crippen LogP contribution in [0.4, 0.5) is 0 Å². The number of nitrogens with zero attached hydrogens (tertiary/aromatic N) is 2. The number of hydrogen-bond acceptors (Lipinski definition) is 3. The van der Waals surface area contributed by atoms with Crippen LogP contribution in [0.1, 0.15) is 49.7 Å². The van der Waals surface area contributed by atoms with Crippen molar-refractivity contribution < 1.29 is 0 Å². The largest absolute Gasteiger partial charge is 0.306 e. The maximum atomic E-state index is 5.74. The second kappa shape index (κ2) is 9.76. The van der Waals surface area contributed by atoms with E-state index in [4.69, 9.17) is 11.6 Å². The second-order valence-electron chi connectivity index (χ2n) is 4.83. The average molecular weight is 289 g/mol. The summed E-state index contributed by atoms with van der Waals surface area (Å²) in [5.74, 6) is 0.538. The van der Waals surface area contributed by atoms with E-state index >= 15 is 0 Å². The third-order valence-electron chi connectivity index (χ3n) is 3.06. The van der Waals surface area contributed by atoms with Crippen molar-refractivity contribution in [2.24, 2.45) is 0 Å². The van der Waals surface area contributed by atoms with Crippen LogP contribution in [0, 0.1) is 0 Å². The Morgan fingerprint density at radius 3 is 2.56 bits per heavy atom. The first-order valence-corrected chi connectivity index (χ1v) is 8.35. The normalized spacial score (nSPS) is 11.3. The van der Waals surface area contributed by atoms with Crippen molar-refractivity contribution in [2.75, 3.05) is 20.1 Å². The molecule has 1 rings (SSSR count). The molecule has 0 fully saturated rings. The Morgan fingerprint density at radius 2 is 1.94 bits per heavy atom. The molecule has 0 aliphatic rings. The van der Waals surface area contributed by atoms with Crippen LogP contribution in [-0.4, -0.2) is 30.0 Å². The molecule has 4 heteroatoms. The predicted molar refractivity (Wildman–Crippen MR) is 81.6 cm³/mol. The molecule has 0 radical (unpaired) electrons. The monoisotopic (exact) mass is 288 g/mol. The summed E-state index contributed by atoms with van der Waals surface area (Å²) in [5, 5.41) is 3.30. The highest BCUT2D eigenvalue weighted by molar-refractivity contribution is 7.09. The molecular formula is C14H25ClN2S. The van der Waals surface area contributed by atoms with Crippen molar-refractivity contribution in [3.63, 3.8) is 0 Å². The summed E-state index contributed by atoms with van der Waals surface area (Å²) >= 11 is 7.48. The highest BCUT2D eigenvalue weighted by atomic mass is 35.5. The van der Waals surface area contributed by atoms with Gasteiger partial charge in [-0.25, -0.2) is 4.98 Å². The van der Waals surface area contributed by atoms with E-state index in [1.807, 2.05) is 0 Å². The number of unbranched alkanes of at least 4 members (excludes halogenated alkanes) is 3. The minimum Gasteiger partial charge on any atom is -0.306 e. The summed E-state index contributed by atoms with van der Waals surface area (Å²) < 4.78 is 0. The molecule has 0 amide bonds. The number of rotatable bonds is 10. The van der Waals surface area contributed by atoms with Crippen LogP contribution < -0.4 is 0 Å². The van der Waals surface area contributed by atoms with Crippen LogP contribution in [0.2, 0.25) is 0 Å². The molecule has 0 aliphatic carbocycles. The first-order valence-electron chi connectivity index (χ1n) is 6.94. The molecule has 0 N–H and O–H groups in total. The van der Waals surface area contributed by atoms with Gasteiger partial charge in [0.25, 0.3) is 0 Å². The maximum Gasteiger partial charge on any atom is 0.0928 e. The van der Waals surface area contributed by atoms with E-state index in [0.717, 1.165) is 12.1 Å². The van der Waals surface area contributed by atoms with Crippen molar-refractivity contribution in [1.29, 1.82) is 0 Å². The van der Waals surface area contributed by atoms with E-state index in [9.17, 15) is 0 Å². The zero-order valence-electron chi connectivity index (χ0n) is 11.6. The van der Waals surface area contributed by atoms with Crippen molar-refractivity contribution >= 4 is 22.9 Å². The van der Waals surface area contributed by atoms with Gasteiger partial charge in [-0.3, -0.25) is 0 Å². The smallest absolute Gasteiger partial charge is 0.0928 e. The maximum absolute atomic E-state index is 5.74. The zero-order valence-corrected chi connectivity index (χ0v) is 13.2. The van der Waals surface area contributed by atoms with Gasteiger partial charge in [0.05, 0.1) is 16.6 Å². The Bertz CT molecular complexity index is 314. The Labute approximate surface area is 120 Å². The van der Waals surface area contributed by atoms with Gasteiger partial charge >= 0.3 is 0 Å². The molecule has 0 saturated heterocycles. The number of alkyl halides is 1. The molecule has 1 aromatic heterocycles. The van der Waals surface area contributed by atoms with Gasteiger partial charge in [-0.1, -0.05) is 19.8 Å². The molecule has 0 saturated carbocycles. The molecule has 0 unspecified atom stereocenters. The molecule has 0 aliphatic heterocycles. The van der Waals surface area contributed by atoms with Gasteiger partial charge in [-0.2, -0.15) is 0 Å². The van der Waals surface area contributed by atoms with Gasteiger partial charge in [0.15, 0.2) is 0 Å². The standard InChI is InChI=1S/C14H25ClN2S/c1-3-4-6-9-17(2)10-7-5-8-14-16-13(11-15)12-18-14/h12H,3-11H2,1-2H3. The van der Waals surface area contributed by atoms with E-state index in [1.54, 1.807) is 11.3 Å². The minimum atomic E-state index is 0.538. The number of aromatic nitrogens is 1. The second-order valence-corrected chi connectivity index (χ2v) is 6.04. The summed E-state index contributed by atoms with van der Waals surface area (Å²) in [4.78, 5) is 6.93. The Kier molecular flexibility index (Phi) is 8.64. The molecule has 0 spiro atoms. The SMILES string of the molecule is CCCCCN(C)CCCCc1nc(CCl)cs1. The Balaban J connectivity index is 2.03. The molecule has 2 nitrogen and oxygen atoms in total.